The molecule has 5 heteroatoms. The number of likely N-dealkylation sites (N-methyl/N-ethyl adjacent to an activating group) is 1. The van der Waals surface area contributed by atoms with Crippen molar-refractivity contribution >= 4 is 17.7 Å². The van der Waals surface area contributed by atoms with Crippen molar-refractivity contribution in [3.63, 3.8) is 0 Å². The summed E-state index contributed by atoms with van der Waals surface area (Å²) in [4.78, 5) is 14.1. The number of amides is 1. The van der Waals surface area contributed by atoms with E-state index in [-0.39, 0.29) is 5.91 Å². The van der Waals surface area contributed by atoms with Gasteiger partial charge in [-0.3, -0.25) is 4.79 Å². The van der Waals surface area contributed by atoms with Gasteiger partial charge in [-0.05, 0) is 30.3 Å². The molecule has 0 saturated heterocycles. The highest BCUT2D eigenvalue weighted by atomic mass is 16.1. The lowest BCUT2D eigenvalue weighted by molar-refractivity contribution is -0.116. The van der Waals surface area contributed by atoms with E-state index in [9.17, 15) is 4.79 Å². The van der Waals surface area contributed by atoms with Crippen LogP contribution in [0.25, 0.3) is 11.8 Å². The van der Waals surface area contributed by atoms with Gasteiger partial charge in [-0.25, -0.2) is 4.68 Å². The van der Waals surface area contributed by atoms with E-state index < -0.39 is 0 Å². The van der Waals surface area contributed by atoms with Crippen molar-refractivity contribution in [3.05, 3.63) is 84.7 Å². The first-order chi connectivity index (χ1) is 12.7. The highest BCUT2D eigenvalue weighted by Crippen LogP contribution is 2.10. The van der Waals surface area contributed by atoms with Crippen LogP contribution in [0.2, 0.25) is 0 Å². The highest BCUT2D eigenvalue weighted by Gasteiger charge is 2.02. The van der Waals surface area contributed by atoms with Crippen LogP contribution in [0.3, 0.4) is 0 Å². The second-order valence-corrected chi connectivity index (χ2v) is 5.94. The summed E-state index contributed by atoms with van der Waals surface area (Å²) in [7, 11) is 2.01. The molecule has 0 saturated carbocycles. The van der Waals surface area contributed by atoms with Gasteiger partial charge in [0.25, 0.3) is 0 Å². The standard InChI is InChI=1S/C21H22N4O/c1-24(19-8-4-2-5-9-19)15-14-22-21(26)13-12-18-16-23-25(17-18)20-10-6-3-7-11-20/h2-13,16-17H,14-15H2,1H3,(H,22,26)/b13-12-. The average Bonchev–Trinajstić information content (AvgIpc) is 3.17. The number of hydrogen-bond donors (Lipinski definition) is 1. The van der Waals surface area contributed by atoms with Gasteiger partial charge in [0, 0.05) is 43.7 Å². The lowest BCUT2D eigenvalue weighted by Gasteiger charge is -2.19. The molecule has 132 valence electrons. The summed E-state index contributed by atoms with van der Waals surface area (Å²) in [6.07, 6.45) is 6.93. The van der Waals surface area contributed by atoms with E-state index in [2.05, 4.69) is 15.3 Å². The van der Waals surface area contributed by atoms with Crippen LogP contribution >= 0.6 is 0 Å². The maximum atomic E-state index is 12.0. The quantitative estimate of drug-likeness (QED) is 0.669. The molecule has 1 heterocycles. The smallest absolute Gasteiger partial charge is 0.244 e. The van der Waals surface area contributed by atoms with Crippen LogP contribution < -0.4 is 10.2 Å². The first kappa shape index (κ1) is 17.5. The Balaban J connectivity index is 1.47. The molecule has 0 spiro atoms. The Kier molecular flexibility index (Phi) is 5.83. The molecule has 3 aromatic rings. The fourth-order valence-electron chi connectivity index (χ4n) is 2.53. The number of benzene rings is 2. The van der Waals surface area contributed by atoms with Crippen LogP contribution in [0.5, 0.6) is 0 Å². The number of aromatic nitrogens is 2. The zero-order chi connectivity index (χ0) is 18.2. The number of nitrogens with one attached hydrogen (secondary N) is 1. The van der Waals surface area contributed by atoms with Gasteiger partial charge in [0.15, 0.2) is 0 Å². The predicted molar refractivity (Wildman–Crippen MR) is 105 cm³/mol. The maximum absolute atomic E-state index is 12.0. The number of nitrogens with zero attached hydrogens (tertiary/aromatic N) is 3. The van der Waals surface area contributed by atoms with E-state index in [4.69, 9.17) is 0 Å². The molecule has 1 amide bonds. The normalized spacial score (nSPS) is 10.8. The molecule has 0 atom stereocenters. The number of hydrogen-bond acceptors (Lipinski definition) is 3. The van der Waals surface area contributed by atoms with Gasteiger partial charge in [-0.1, -0.05) is 36.4 Å². The Labute approximate surface area is 153 Å². The van der Waals surface area contributed by atoms with Crippen molar-refractivity contribution in [1.82, 2.24) is 15.1 Å². The Hall–Kier alpha value is -3.34. The first-order valence-electron chi connectivity index (χ1n) is 8.54. The molecular weight excluding hydrogens is 324 g/mol. The lowest BCUT2D eigenvalue weighted by Crippen LogP contribution is -2.31. The molecule has 2 aromatic carbocycles. The average molecular weight is 346 g/mol. The molecule has 1 aromatic heterocycles. The molecule has 0 unspecified atom stereocenters. The number of rotatable bonds is 7. The summed E-state index contributed by atoms with van der Waals surface area (Å²) >= 11 is 0. The van der Waals surface area contributed by atoms with Crippen molar-refractivity contribution < 1.29 is 4.79 Å². The molecule has 26 heavy (non-hydrogen) atoms. The minimum Gasteiger partial charge on any atom is -0.373 e. The van der Waals surface area contributed by atoms with E-state index in [1.165, 1.54) is 6.08 Å². The van der Waals surface area contributed by atoms with Gasteiger partial charge in [0.2, 0.25) is 5.91 Å². The number of carbonyl (C=O) groups is 1. The van der Waals surface area contributed by atoms with Crippen LogP contribution in [0.1, 0.15) is 5.56 Å². The fraction of sp³-hybridized carbons (Fsp3) is 0.143. The Bertz CT molecular complexity index is 856. The van der Waals surface area contributed by atoms with E-state index in [0.29, 0.717) is 6.54 Å². The molecule has 0 fully saturated rings. The third-order valence-corrected chi connectivity index (χ3v) is 3.99. The van der Waals surface area contributed by atoms with Gasteiger partial charge in [-0.2, -0.15) is 5.10 Å². The molecule has 3 rings (SSSR count). The third kappa shape index (κ3) is 4.83. The molecule has 0 aliphatic heterocycles. The minimum atomic E-state index is -0.112. The molecule has 5 nitrogen and oxygen atoms in total. The van der Waals surface area contributed by atoms with Crippen LogP contribution in [-0.4, -0.2) is 35.8 Å². The monoisotopic (exact) mass is 346 g/mol. The van der Waals surface area contributed by atoms with Crippen molar-refractivity contribution in [3.8, 4) is 5.69 Å². The summed E-state index contributed by atoms with van der Waals surface area (Å²) in [5.74, 6) is -0.112. The van der Waals surface area contributed by atoms with Gasteiger partial charge >= 0.3 is 0 Å². The minimum absolute atomic E-state index is 0.112. The molecular formula is C21H22N4O. The van der Waals surface area contributed by atoms with Crippen LogP contribution in [0, 0.1) is 0 Å². The zero-order valence-electron chi connectivity index (χ0n) is 14.7. The Morgan fingerprint density at radius 2 is 1.81 bits per heavy atom. The summed E-state index contributed by atoms with van der Waals surface area (Å²) < 4.78 is 1.78. The maximum Gasteiger partial charge on any atom is 0.244 e. The van der Waals surface area contributed by atoms with Gasteiger partial charge in [0.1, 0.15) is 0 Å². The second-order valence-electron chi connectivity index (χ2n) is 5.94. The van der Waals surface area contributed by atoms with E-state index in [0.717, 1.165) is 23.5 Å². The van der Waals surface area contributed by atoms with Crippen molar-refractivity contribution in [2.45, 2.75) is 0 Å². The van der Waals surface area contributed by atoms with Crippen LogP contribution in [0.15, 0.2) is 79.1 Å². The topological polar surface area (TPSA) is 50.2 Å². The SMILES string of the molecule is CN(CCNC(=O)/C=C\c1cnn(-c2ccccc2)c1)c1ccccc1. The summed E-state index contributed by atoms with van der Waals surface area (Å²) in [6.45, 7) is 1.33. The van der Waals surface area contributed by atoms with Crippen LogP contribution in [0.4, 0.5) is 5.69 Å². The van der Waals surface area contributed by atoms with Gasteiger partial charge < -0.3 is 10.2 Å². The van der Waals surface area contributed by atoms with E-state index in [1.807, 2.05) is 73.9 Å². The molecule has 0 radical (unpaired) electrons. The predicted octanol–water partition coefficient (Wildman–Crippen LogP) is 3.14. The van der Waals surface area contributed by atoms with E-state index >= 15 is 0 Å². The number of anilines is 1. The van der Waals surface area contributed by atoms with Crippen molar-refractivity contribution in [2.24, 2.45) is 0 Å². The highest BCUT2D eigenvalue weighted by molar-refractivity contribution is 5.91. The van der Waals surface area contributed by atoms with Crippen LogP contribution in [-0.2, 0) is 4.79 Å². The Morgan fingerprint density at radius 1 is 1.12 bits per heavy atom. The molecule has 1 N–H and O–H groups in total. The Morgan fingerprint density at radius 3 is 2.54 bits per heavy atom. The molecule has 0 aliphatic carbocycles. The second kappa shape index (κ2) is 8.67. The molecule has 0 aliphatic rings. The summed E-state index contributed by atoms with van der Waals surface area (Å²) in [5.41, 5.74) is 3.00. The summed E-state index contributed by atoms with van der Waals surface area (Å²) in [5, 5.41) is 7.21. The summed E-state index contributed by atoms with van der Waals surface area (Å²) in [6, 6.07) is 20.0. The van der Waals surface area contributed by atoms with Crippen molar-refractivity contribution in [2.75, 3.05) is 25.0 Å². The van der Waals surface area contributed by atoms with Crippen molar-refractivity contribution in [1.29, 1.82) is 0 Å². The lowest BCUT2D eigenvalue weighted by atomic mass is 10.3. The first-order valence-corrected chi connectivity index (χ1v) is 8.54. The fourth-order valence-corrected chi connectivity index (χ4v) is 2.53. The van der Waals surface area contributed by atoms with Gasteiger partial charge in [0.05, 0.1) is 11.9 Å². The zero-order valence-corrected chi connectivity index (χ0v) is 14.7. The third-order valence-electron chi connectivity index (χ3n) is 3.99. The molecule has 0 bridgehead atoms. The number of carbonyl (C=O) groups excluding carboxylic acids is 1. The van der Waals surface area contributed by atoms with Gasteiger partial charge in [-0.15, -0.1) is 0 Å². The van der Waals surface area contributed by atoms with E-state index in [1.54, 1.807) is 17.0 Å². The number of para-hydroxylation sites is 2. The largest absolute Gasteiger partial charge is 0.373 e.